The first-order valence-electron chi connectivity index (χ1n) is 6.52. The van der Waals surface area contributed by atoms with Crippen molar-refractivity contribution in [3.8, 4) is 0 Å². The van der Waals surface area contributed by atoms with Gasteiger partial charge in [0.2, 0.25) is 0 Å². The summed E-state index contributed by atoms with van der Waals surface area (Å²) < 4.78 is 1.65. The number of aliphatic carboxylic acids is 1. The molecule has 2 rings (SSSR count). The van der Waals surface area contributed by atoms with Gasteiger partial charge >= 0.3 is 11.7 Å². The van der Waals surface area contributed by atoms with E-state index in [0.29, 0.717) is 17.0 Å². The summed E-state index contributed by atoms with van der Waals surface area (Å²) in [4.78, 5) is 22.6. The fourth-order valence-corrected chi connectivity index (χ4v) is 3.45. The minimum Gasteiger partial charge on any atom is -0.481 e. The Kier molecular flexibility index (Phi) is 4.34. The molecular formula is C12H19N3O3S. The van der Waals surface area contributed by atoms with Gasteiger partial charge in [-0.15, -0.1) is 5.10 Å². The van der Waals surface area contributed by atoms with Crippen LogP contribution in [0.2, 0.25) is 0 Å². The quantitative estimate of drug-likeness (QED) is 0.823. The highest BCUT2D eigenvalue weighted by Crippen LogP contribution is 2.38. The van der Waals surface area contributed by atoms with Crippen LogP contribution in [0.3, 0.4) is 0 Å². The third-order valence-corrected chi connectivity index (χ3v) is 4.93. The molecule has 3 unspecified atom stereocenters. The first-order valence-corrected chi connectivity index (χ1v) is 7.50. The Hall–Kier alpha value is -1.24. The predicted octanol–water partition coefficient (Wildman–Crippen LogP) is 1.75. The van der Waals surface area contributed by atoms with Gasteiger partial charge in [0.15, 0.2) is 5.16 Å². The number of aromatic nitrogens is 3. The van der Waals surface area contributed by atoms with E-state index in [-0.39, 0.29) is 17.5 Å². The summed E-state index contributed by atoms with van der Waals surface area (Å²) in [5, 5.41) is 15.6. The number of carboxylic acids is 1. The van der Waals surface area contributed by atoms with Crippen molar-refractivity contribution in [3.05, 3.63) is 10.5 Å². The molecule has 1 aliphatic carbocycles. The number of nitrogens with zero attached hydrogens (tertiary/aromatic N) is 2. The summed E-state index contributed by atoms with van der Waals surface area (Å²) in [5.74, 6) is -0.0239. The SMILES string of the molecule is CC1CCCC(n2c(SCC(=O)O)n[nH]c2=O)C1C. The van der Waals surface area contributed by atoms with Crippen LogP contribution in [0.5, 0.6) is 0 Å². The summed E-state index contributed by atoms with van der Waals surface area (Å²) in [5.41, 5.74) is -0.237. The molecule has 1 aromatic heterocycles. The maximum Gasteiger partial charge on any atom is 0.344 e. The van der Waals surface area contributed by atoms with E-state index in [0.717, 1.165) is 24.6 Å². The van der Waals surface area contributed by atoms with E-state index >= 15 is 0 Å². The molecule has 3 atom stereocenters. The minimum atomic E-state index is -0.906. The zero-order chi connectivity index (χ0) is 14.0. The van der Waals surface area contributed by atoms with E-state index in [1.54, 1.807) is 4.57 Å². The lowest BCUT2D eigenvalue weighted by atomic mass is 9.78. The molecule has 6 nitrogen and oxygen atoms in total. The zero-order valence-corrected chi connectivity index (χ0v) is 11.9. The van der Waals surface area contributed by atoms with Gasteiger partial charge in [-0.25, -0.2) is 9.89 Å². The van der Waals surface area contributed by atoms with E-state index in [1.165, 1.54) is 6.42 Å². The fraction of sp³-hybridized carbons (Fsp3) is 0.750. The molecule has 1 aromatic rings. The van der Waals surface area contributed by atoms with Crippen molar-refractivity contribution < 1.29 is 9.90 Å². The molecule has 19 heavy (non-hydrogen) atoms. The van der Waals surface area contributed by atoms with Crippen LogP contribution < -0.4 is 5.69 Å². The second kappa shape index (κ2) is 5.81. The van der Waals surface area contributed by atoms with Gasteiger partial charge in [-0.05, 0) is 18.3 Å². The molecule has 7 heteroatoms. The van der Waals surface area contributed by atoms with Crippen molar-refractivity contribution in [1.29, 1.82) is 0 Å². The van der Waals surface area contributed by atoms with Crippen LogP contribution in [0.4, 0.5) is 0 Å². The number of hydrogen-bond donors (Lipinski definition) is 2. The Balaban J connectivity index is 2.25. The summed E-state index contributed by atoms with van der Waals surface area (Å²) in [6, 6.07) is 0.117. The smallest absolute Gasteiger partial charge is 0.344 e. The van der Waals surface area contributed by atoms with Crippen LogP contribution in [0, 0.1) is 11.8 Å². The lowest BCUT2D eigenvalue weighted by molar-refractivity contribution is -0.133. The van der Waals surface area contributed by atoms with Crippen molar-refractivity contribution in [1.82, 2.24) is 14.8 Å². The second-order valence-electron chi connectivity index (χ2n) is 5.20. The molecular weight excluding hydrogens is 266 g/mol. The molecule has 1 heterocycles. The van der Waals surface area contributed by atoms with E-state index in [4.69, 9.17) is 5.11 Å². The number of carboxylic acid groups (broad SMARTS) is 1. The van der Waals surface area contributed by atoms with Crippen LogP contribution in [-0.2, 0) is 4.79 Å². The summed E-state index contributed by atoms with van der Waals surface area (Å²) in [7, 11) is 0. The molecule has 0 bridgehead atoms. The molecule has 0 radical (unpaired) electrons. The summed E-state index contributed by atoms with van der Waals surface area (Å²) in [6.07, 6.45) is 3.23. The van der Waals surface area contributed by atoms with Crippen LogP contribution in [0.15, 0.2) is 9.95 Å². The predicted molar refractivity (Wildman–Crippen MR) is 72.4 cm³/mol. The van der Waals surface area contributed by atoms with Gasteiger partial charge in [0, 0.05) is 6.04 Å². The molecule has 1 fully saturated rings. The maximum absolute atomic E-state index is 11.9. The maximum atomic E-state index is 11.9. The molecule has 0 amide bonds. The van der Waals surface area contributed by atoms with Gasteiger partial charge in [0.25, 0.3) is 0 Å². The van der Waals surface area contributed by atoms with Gasteiger partial charge in [0.05, 0.1) is 5.75 Å². The summed E-state index contributed by atoms with van der Waals surface area (Å²) in [6.45, 7) is 4.35. The van der Waals surface area contributed by atoms with Crippen LogP contribution in [0.1, 0.15) is 39.2 Å². The van der Waals surface area contributed by atoms with E-state index in [9.17, 15) is 9.59 Å². The average molecular weight is 285 g/mol. The lowest BCUT2D eigenvalue weighted by Crippen LogP contribution is -2.33. The highest BCUT2D eigenvalue weighted by atomic mass is 32.2. The van der Waals surface area contributed by atoms with Crippen molar-refractivity contribution >= 4 is 17.7 Å². The van der Waals surface area contributed by atoms with Crippen LogP contribution >= 0.6 is 11.8 Å². The fourth-order valence-electron chi connectivity index (χ4n) is 2.73. The Morgan fingerprint density at radius 2 is 2.26 bits per heavy atom. The first kappa shape index (κ1) is 14.2. The van der Waals surface area contributed by atoms with Crippen molar-refractivity contribution in [2.75, 3.05) is 5.75 Å². The van der Waals surface area contributed by atoms with E-state index < -0.39 is 5.97 Å². The molecule has 0 aromatic carbocycles. The highest BCUT2D eigenvalue weighted by molar-refractivity contribution is 7.99. The van der Waals surface area contributed by atoms with Gasteiger partial charge in [-0.1, -0.05) is 38.5 Å². The molecule has 1 saturated carbocycles. The number of thioether (sulfide) groups is 1. The van der Waals surface area contributed by atoms with Gasteiger partial charge < -0.3 is 5.11 Å². The number of carbonyl (C=O) groups is 1. The van der Waals surface area contributed by atoms with Crippen molar-refractivity contribution in [2.24, 2.45) is 11.8 Å². The highest BCUT2D eigenvalue weighted by Gasteiger charge is 2.31. The second-order valence-corrected chi connectivity index (χ2v) is 6.14. The van der Waals surface area contributed by atoms with Crippen molar-refractivity contribution in [2.45, 2.75) is 44.3 Å². The topological polar surface area (TPSA) is 88.0 Å². The molecule has 2 N–H and O–H groups in total. The Morgan fingerprint density at radius 1 is 1.53 bits per heavy atom. The van der Waals surface area contributed by atoms with Crippen LogP contribution in [-0.4, -0.2) is 31.6 Å². The van der Waals surface area contributed by atoms with Gasteiger partial charge in [-0.3, -0.25) is 9.36 Å². The van der Waals surface area contributed by atoms with Crippen molar-refractivity contribution in [3.63, 3.8) is 0 Å². The molecule has 0 aliphatic heterocycles. The van der Waals surface area contributed by atoms with E-state index in [1.807, 2.05) is 0 Å². The Bertz CT molecular complexity index is 511. The number of rotatable bonds is 4. The number of nitrogens with one attached hydrogen (secondary N) is 1. The zero-order valence-electron chi connectivity index (χ0n) is 11.1. The summed E-state index contributed by atoms with van der Waals surface area (Å²) >= 11 is 1.09. The molecule has 106 valence electrons. The monoisotopic (exact) mass is 285 g/mol. The number of aromatic amines is 1. The Labute approximate surface area is 115 Å². The largest absolute Gasteiger partial charge is 0.481 e. The average Bonchev–Trinajstić information content (AvgIpc) is 2.72. The minimum absolute atomic E-state index is 0.0824. The number of hydrogen-bond acceptors (Lipinski definition) is 4. The standard InChI is InChI=1S/C12H19N3O3S/c1-7-4-3-5-9(8(7)2)15-11(18)13-14-12(15)19-6-10(16)17/h7-9H,3-6H2,1-2H3,(H,13,18)(H,16,17). The third-order valence-electron chi connectivity index (χ3n) is 3.99. The molecule has 0 spiro atoms. The first-order chi connectivity index (χ1) is 9.00. The third kappa shape index (κ3) is 3.02. The lowest BCUT2D eigenvalue weighted by Gasteiger charge is -2.34. The van der Waals surface area contributed by atoms with Gasteiger partial charge in [0.1, 0.15) is 0 Å². The molecule has 0 saturated heterocycles. The molecule has 1 aliphatic rings. The van der Waals surface area contributed by atoms with Gasteiger partial charge in [-0.2, -0.15) is 0 Å². The number of H-pyrrole nitrogens is 1. The normalized spacial score (nSPS) is 27.4. The Morgan fingerprint density at radius 3 is 2.95 bits per heavy atom. The van der Waals surface area contributed by atoms with Crippen LogP contribution in [0.25, 0.3) is 0 Å². The van der Waals surface area contributed by atoms with E-state index in [2.05, 4.69) is 24.0 Å².